The Bertz CT molecular complexity index is 1550. The number of carbonyl (C=O) groups excluding carboxylic acids is 1. The van der Waals surface area contributed by atoms with Crippen molar-refractivity contribution in [2.75, 3.05) is 14.2 Å². The summed E-state index contributed by atoms with van der Waals surface area (Å²) in [5, 5.41) is 10.6. The van der Waals surface area contributed by atoms with Crippen molar-refractivity contribution in [2.24, 2.45) is 0 Å². The molecule has 7 nitrogen and oxygen atoms in total. The molecule has 8 heteroatoms. The van der Waals surface area contributed by atoms with Gasteiger partial charge in [-0.05, 0) is 65.7 Å². The molecule has 0 unspecified atom stereocenters. The number of fused-ring (bicyclic) bond motifs is 1. The smallest absolute Gasteiger partial charge is 0.351 e. The molecule has 35 heavy (non-hydrogen) atoms. The molecular formula is C27H18ClNO6. The predicted molar refractivity (Wildman–Crippen MR) is 132 cm³/mol. The fourth-order valence-electron chi connectivity index (χ4n) is 3.36. The molecule has 4 rings (SSSR count). The van der Waals surface area contributed by atoms with Gasteiger partial charge in [0.2, 0.25) is 0 Å². The molecule has 0 saturated heterocycles. The molecule has 0 amide bonds. The number of ether oxygens (including phenoxy) is 3. The fourth-order valence-corrected chi connectivity index (χ4v) is 3.49. The molecule has 3 aromatic carbocycles. The number of hydrogen-bond acceptors (Lipinski definition) is 7. The van der Waals surface area contributed by atoms with Crippen LogP contribution in [0.15, 0.2) is 75.9 Å². The van der Waals surface area contributed by atoms with Crippen molar-refractivity contribution in [1.82, 2.24) is 0 Å². The Kier molecular flexibility index (Phi) is 6.86. The van der Waals surface area contributed by atoms with Gasteiger partial charge in [0.25, 0.3) is 0 Å². The number of benzene rings is 3. The van der Waals surface area contributed by atoms with Gasteiger partial charge in [-0.3, -0.25) is 0 Å². The standard InChI is InChI=1S/C27H18ClNO6/c1-32-21-8-10-23-18(13-21)14-22(26(30)34-23)27(31)35-24-9-3-16(12-25(24)33-2)11-19(15-29)17-4-6-20(28)7-5-17/h3-14H,1-2H3/b19-11+. The van der Waals surface area contributed by atoms with E-state index in [9.17, 15) is 14.9 Å². The number of allylic oxidation sites excluding steroid dienone is 1. The van der Waals surface area contributed by atoms with E-state index >= 15 is 0 Å². The molecule has 0 saturated carbocycles. The average molecular weight is 488 g/mol. The lowest BCUT2D eigenvalue weighted by atomic mass is 10.0. The maximum absolute atomic E-state index is 12.8. The Morgan fingerprint density at radius 1 is 0.971 bits per heavy atom. The van der Waals surface area contributed by atoms with Crippen LogP contribution in [-0.4, -0.2) is 20.2 Å². The molecule has 0 aliphatic carbocycles. The van der Waals surface area contributed by atoms with Crippen LogP contribution in [0.25, 0.3) is 22.6 Å². The molecule has 0 radical (unpaired) electrons. The quantitative estimate of drug-likeness (QED) is 0.112. The molecule has 0 bridgehead atoms. The van der Waals surface area contributed by atoms with Crippen LogP contribution >= 0.6 is 11.6 Å². The molecule has 0 atom stereocenters. The summed E-state index contributed by atoms with van der Waals surface area (Å²) < 4.78 is 21.2. The van der Waals surface area contributed by atoms with E-state index in [0.717, 1.165) is 0 Å². The summed E-state index contributed by atoms with van der Waals surface area (Å²) in [5.74, 6) is -0.00705. The summed E-state index contributed by atoms with van der Waals surface area (Å²) in [6.07, 6.45) is 1.67. The maximum Gasteiger partial charge on any atom is 0.351 e. The van der Waals surface area contributed by atoms with Crippen LogP contribution in [-0.2, 0) is 0 Å². The Hall–Kier alpha value is -4.54. The van der Waals surface area contributed by atoms with Crippen molar-refractivity contribution >= 4 is 40.2 Å². The second-order valence-electron chi connectivity index (χ2n) is 7.33. The van der Waals surface area contributed by atoms with Gasteiger partial charge >= 0.3 is 11.6 Å². The monoisotopic (exact) mass is 487 g/mol. The molecule has 0 spiro atoms. The SMILES string of the molecule is COc1ccc2oc(=O)c(C(=O)Oc3ccc(/C=C(\C#N)c4ccc(Cl)cc4)cc3OC)cc2c1. The molecule has 4 aromatic rings. The van der Waals surface area contributed by atoms with E-state index in [2.05, 4.69) is 6.07 Å². The number of esters is 1. The third-order valence-corrected chi connectivity index (χ3v) is 5.39. The van der Waals surface area contributed by atoms with Gasteiger partial charge in [-0.2, -0.15) is 5.26 Å². The molecule has 0 fully saturated rings. The van der Waals surface area contributed by atoms with Gasteiger partial charge in [-0.25, -0.2) is 9.59 Å². The van der Waals surface area contributed by atoms with E-state index in [1.165, 1.54) is 26.4 Å². The topological polar surface area (TPSA) is 98.8 Å². The third-order valence-electron chi connectivity index (χ3n) is 5.14. The van der Waals surface area contributed by atoms with E-state index in [4.69, 9.17) is 30.2 Å². The fraction of sp³-hybridized carbons (Fsp3) is 0.0741. The number of carbonyl (C=O) groups is 1. The number of nitrogens with zero attached hydrogens (tertiary/aromatic N) is 1. The molecule has 0 N–H and O–H groups in total. The summed E-state index contributed by atoms with van der Waals surface area (Å²) in [5.41, 5.74) is 0.975. The predicted octanol–water partition coefficient (Wildman–Crippen LogP) is 5.75. The number of methoxy groups -OCH3 is 2. The van der Waals surface area contributed by atoms with Crippen LogP contribution in [0.5, 0.6) is 17.2 Å². The molecule has 174 valence electrons. The molecular weight excluding hydrogens is 470 g/mol. The van der Waals surface area contributed by atoms with Gasteiger partial charge in [0.1, 0.15) is 16.9 Å². The van der Waals surface area contributed by atoms with E-state index in [1.807, 2.05) is 0 Å². The Morgan fingerprint density at radius 3 is 2.43 bits per heavy atom. The summed E-state index contributed by atoms with van der Waals surface area (Å²) in [7, 11) is 2.93. The highest BCUT2D eigenvalue weighted by atomic mass is 35.5. The van der Waals surface area contributed by atoms with Crippen LogP contribution in [0.4, 0.5) is 0 Å². The summed E-state index contributed by atoms with van der Waals surface area (Å²) >= 11 is 5.92. The minimum atomic E-state index is -0.899. The van der Waals surface area contributed by atoms with Crippen molar-refractivity contribution in [1.29, 1.82) is 5.26 Å². The minimum Gasteiger partial charge on any atom is -0.497 e. The van der Waals surface area contributed by atoms with Gasteiger partial charge in [-0.15, -0.1) is 0 Å². The zero-order valence-electron chi connectivity index (χ0n) is 18.7. The lowest BCUT2D eigenvalue weighted by molar-refractivity contribution is 0.0725. The summed E-state index contributed by atoms with van der Waals surface area (Å²) in [4.78, 5) is 25.1. The first-order valence-corrected chi connectivity index (χ1v) is 10.7. The third kappa shape index (κ3) is 5.18. The Morgan fingerprint density at radius 2 is 1.74 bits per heavy atom. The second kappa shape index (κ2) is 10.2. The summed E-state index contributed by atoms with van der Waals surface area (Å²) in [6, 6.07) is 20.1. The minimum absolute atomic E-state index is 0.102. The van der Waals surface area contributed by atoms with Gasteiger partial charge in [0, 0.05) is 10.4 Å². The number of hydrogen-bond donors (Lipinski definition) is 0. The highest BCUT2D eigenvalue weighted by Gasteiger charge is 2.19. The van der Waals surface area contributed by atoms with E-state index in [-0.39, 0.29) is 17.1 Å². The molecule has 1 aromatic heterocycles. The van der Waals surface area contributed by atoms with Gasteiger partial charge in [0.15, 0.2) is 11.5 Å². The molecule has 1 heterocycles. The second-order valence-corrected chi connectivity index (χ2v) is 7.76. The number of rotatable bonds is 6. The van der Waals surface area contributed by atoms with Crippen LogP contribution in [0.2, 0.25) is 5.02 Å². The van der Waals surface area contributed by atoms with Gasteiger partial charge < -0.3 is 18.6 Å². The molecule has 0 aliphatic rings. The lowest BCUT2D eigenvalue weighted by Gasteiger charge is -2.10. The summed E-state index contributed by atoms with van der Waals surface area (Å²) in [6.45, 7) is 0. The van der Waals surface area contributed by atoms with Gasteiger partial charge in [0.05, 0.1) is 25.9 Å². The van der Waals surface area contributed by atoms with Crippen molar-refractivity contribution in [3.63, 3.8) is 0 Å². The van der Waals surface area contributed by atoms with Crippen molar-refractivity contribution < 1.29 is 23.4 Å². The van der Waals surface area contributed by atoms with Crippen molar-refractivity contribution in [3.05, 3.63) is 98.9 Å². The van der Waals surface area contributed by atoms with E-state index in [0.29, 0.717) is 38.4 Å². The van der Waals surface area contributed by atoms with E-state index in [1.54, 1.807) is 60.7 Å². The Labute approximate surface area is 205 Å². The molecule has 0 aliphatic heterocycles. The largest absolute Gasteiger partial charge is 0.497 e. The van der Waals surface area contributed by atoms with Crippen LogP contribution in [0.3, 0.4) is 0 Å². The Balaban J connectivity index is 1.63. The zero-order valence-corrected chi connectivity index (χ0v) is 19.5. The number of nitriles is 1. The zero-order chi connectivity index (χ0) is 24.9. The van der Waals surface area contributed by atoms with Gasteiger partial charge in [-0.1, -0.05) is 29.8 Å². The van der Waals surface area contributed by atoms with Crippen molar-refractivity contribution in [2.45, 2.75) is 0 Å². The number of halogens is 1. The van der Waals surface area contributed by atoms with Crippen LogP contribution in [0.1, 0.15) is 21.5 Å². The van der Waals surface area contributed by atoms with Crippen molar-refractivity contribution in [3.8, 4) is 23.3 Å². The normalized spacial score (nSPS) is 11.1. The highest BCUT2D eigenvalue weighted by Crippen LogP contribution is 2.31. The first-order chi connectivity index (χ1) is 16.9. The first kappa shape index (κ1) is 23.6. The van der Waals surface area contributed by atoms with Crippen LogP contribution < -0.4 is 19.8 Å². The average Bonchev–Trinajstić information content (AvgIpc) is 2.87. The van der Waals surface area contributed by atoms with E-state index < -0.39 is 11.6 Å². The highest BCUT2D eigenvalue weighted by molar-refractivity contribution is 6.30. The first-order valence-electron chi connectivity index (χ1n) is 10.3. The lowest BCUT2D eigenvalue weighted by Crippen LogP contribution is -2.19. The van der Waals surface area contributed by atoms with Crippen LogP contribution in [0, 0.1) is 11.3 Å². The maximum atomic E-state index is 12.8.